The first-order valence-electron chi connectivity index (χ1n) is 7.50. The molecule has 0 saturated heterocycles. The average Bonchev–Trinajstić information content (AvgIpc) is 2.53. The fourth-order valence-corrected chi connectivity index (χ4v) is 3.10. The summed E-state index contributed by atoms with van der Waals surface area (Å²) in [6.45, 7) is 3.70. The molecular formula is C18H20FNO. The van der Waals surface area contributed by atoms with Crippen LogP contribution in [0, 0.1) is 5.82 Å². The van der Waals surface area contributed by atoms with Crippen molar-refractivity contribution in [2.75, 3.05) is 13.2 Å². The van der Waals surface area contributed by atoms with E-state index in [-0.39, 0.29) is 11.9 Å². The quantitative estimate of drug-likeness (QED) is 0.915. The molecule has 1 aliphatic rings. The highest BCUT2D eigenvalue weighted by Crippen LogP contribution is 2.41. The summed E-state index contributed by atoms with van der Waals surface area (Å²) in [6.07, 6.45) is 0.964. The third kappa shape index (κ3) is 2.93. The highest BCUT2D eigenvalue weighted by Gasteiger charge is 2.29. The van der Waals surface area contributed by atoms with Crippen molar-refractivity contribution < 1.29 is 9.13 Å². The third-order valence-electron chi connectivity index (χ3n) is 4.06. The van der Waals surface area contributed by atoms with Crippen LogP contribution < -0.4 is 10.1 Å². The molecule has 1 heterocycles. The molecule has 2 atom stereocenters. The number of rotatable bonds is 4. The lowest BCUT2D eigenvalue weighted by molar-refractivity contribution is 0.246. The van der Waals surface area contributed by atoms with Gasteiger partial charge in [-0.25, -0.2) is 4.39 Å². The van der Waals surface area contributed by atoms with Gasteiger partial charge in [0, 0.05) is 12.0 Å². The summed E-state index contributed by atoms with van der Waals surface area (Å²) in [5.41, 5.74) is 2.36. The Bertz CT molecular complexity index is 596. The molecule has 0 spiro atoms. The standard InChI is InChI=1S/C18H20FNO/c1-2-20-18(13-7-9-14(19)10-8-13)16-11-12-21-17-6-4-3-5-15(16)17/h3-10,16,18,20H,2,11-12H2,1H3. The van der Waals surface area contributed by atoms with E-state index < -0.39 is 0 Å². The minimum atomic E-state index is -0.193. The largest absolute Gasteiger partial charge is 0.493 e. The van der Waals surface area contributed by atoms with Crippen LogP contribution in [0.15, 0.2) is 48.5 Å². The van der Waals surface area contributed by atoms with E-state index in [0.29, 0.717) is 5.92 Å². The van der Waals surface area contributed by atoms with Crippen molar-refractivity contribution in [3.05, 3.63) is 65.5 Å². The number of fused-ring (bicyclic) bond motifs is 1. The summed E-state index contributed by atoms with van der Waals surface area (Å²) in [5.74, 6) is 1.13. The van der Waals surface area contributed by atoms with Crippen LogP contribution in [0.25, 0.3) is 0 Å². The monoisotopic (exact) mass is 285 g/mol. The highest BCUT2D eigenvalue weighted by molar-refractivity contribution is 5.40. The van der Waals surface area contributed by atoms with Crippen molar-refractivity contribution in [2.24, 2.45) is 0 Å². The van der Waals surface area contributed by atoms with Crippen molar-refractivity contribution in [3.63, 3.8) is 0 Å². The zero-order chi connectivity index (χ0) is 14.7. The SMILES string of the molecule is CCNC(c1ccc(F)cc1)C1CCOc2ccccc21. The van der Waals surface area contributed by atoms with Crippen LogP contribution in [0.4, 0.5) is 4.39 Å². The molecule has 3 rings (SSSR count). The molecule has 0 bridgehead atoms. The molecule has 110 valence electrons. The van der Waals surface area contributed by atoms with E-state index in [9.17, 15) is 4.39 Å². The lowest BCUT2D eigenvalue weighted by atomic mass is 9.83. The van der Waals surface area contributed by atoms with E-state index in [0.717, 1.165) is 30.9 Å². The number of hydrogen-bond acceptors (Lipinski definition) is 2. The molecule has 1 N–H and O–H groups in total. The van der Waals surface area contributed by atoms with Gasteiger partial charge in [-0.15, -0.1) is 0 Å². The molecule has 0 amide bonds. The third-order valence-corrected chi connectivity index (χ3v) is 4.06. The molecular weight excluding hydrogens is 265 g/mol. The zero-order valence-corrected chi connectivity index (χ0v) is 12.2. The van der Waals surface area contributed by atoms with Crippen molar-refractivity contribution in [1.82, 2.24) is 5.32 Å². The number of benzene rings is 2. The van der Waals surface area contributed by atoms with Crippen LogP contribution in [0.2, 0.25) is 0 Å². The fourth-order valence-electron chi connectivity index (χ4n) is 3.10. The summed E-state index contributed by atoms with van der Waals surface area (Å²) < 4.78 is 18.9. The Morgan fingerprint density at radius 2 is 1.95 bits per heavy atom. The van der Waals surface area contributed by atoms with Gasteiger partial charge in [0.25, 0.3) is 0 Å². The van der Waals surface area contributed by atoms with Crippen molar-refractivity contribution in [2.45, 2.75) is 25.3 Å². The Morgan fingerprint density at radius 3 is 2.71 bits per heavy atom. The topological polar surface area (TPSA) is 21.3 Å². The maximum Gasteiger partial charge on any atom is 0.123 e. The number of likely N-dealkylation sites (N-methyl/N-ethyl adjacent to an activating group) is 1. The average molecular weight is 285 g/mol. The van der Waals surface area contributed by atoms with E-state index in [2.05, 4.69) is 18.3 Å². The number of halogens is 1. The van der Waals surface area contributed by atoms with Gasteiger partial charge in [-0.05, 0) is 42.3 Å². The minimum Gasteiger partial charge on any atom is -0.493 e. The molecule has 0 saturated carbocycles. The van der Waals surface area contributed by atoms with Gasteiger partial charge in [-0.1, -0.05) is 37.3 Å². The zero-order valence-electron chi connectivity index (χ0n) is 12.2. The normalized spacial score (nSPS) is 18.7. The summed E-state index contributed by atoms with van der Waals surface area (Å²) in [6, 6.07) is 15.2. The lowest BCUT2D eigenvalue weighted by Gasteiger charge is -2.33. The second-order valence-electron chi connectivity index (χ2n) is 5.37. The van der Waals surface area contributed by atoms with Crippen LogP contribution in [0.5, 0.6) is 5.75 Å². The summed E-state index contributed by atoms with van der Waals surface area (Å²) in [5, 5.41) is 3.55. The Kier molecular flexibility index (Phi) is 4.20. The fraction of sp³-hybridized carbons (Fsp3) is 0.333. The Balaban J connectivity index is 1.96. The van der Waals surface area contributed by atoms with Crippen LogP contribution in [0.3, 0.4) is 0 Å². The van der Waals surface area contributed by atoms with Crippen LogP contribution in [-0.2, 0) is 0 Å². The molecule has 2 aromatic carbocycles. The van der Waals surface area contributed by atoms with E-state index >= 15 is 0 Å². The van der Waals surface area contributed by atoms with Gasteiger partial charge < -0.3 is 10.1 Å². The summed E-state index contributed by atoms with van der Waals surface area (Å²) >= 11 is 0. The van der Waals surface area contributed by atoms with Gasteiger partial charge in [-0.3, -0.25) is 0 Å². The highest BCUT2D eigenvalue weighted by atomic mass is 19.1. The molecule has 2 unspecified atom stereocenters. The van der Waals surface area contributed by atoms with Crippen LogP contribution in [0.1, 0.15) is 36.4 Å². The first-order chi connectivity index (χ1) is 10.3. The second-order valence-corrected chi connectivity index (χ2v) is 5.37. The van der Waals surface area contributed by atoms with Crippen LogP contribution >= 0.6 is 0 Å². The van der Waals surface area contributed by atoms with Crippen molar-refractivity contribution in [1.29, 1.82) is 0 Å². The number of para-hydroxylation sites is 1. The van der Waals surface area contributed by atoms with Gasteiger partial charge in [0.2, 0.25) is 0 Å². The Morgan fingerprint density at radius 1 is 1.19 bits per heavy atom. The molecule has 0 fully saturated rings. The summed E-state index contributed by atoms with van der Waals surface area (Å²) in [4.78, 5) is 0. The van der Waals surface area contributed by atoms with Gasteiger partial charge in [0.05, 0.1) is 6.61 Å². The van der Waals surface area contributed by atoms with Gasteiger partial charge in [0.1, 0.15) is 11.6 Å². The molecule has 2 aromatic rings. The predicted molar refractivity (Wildman–Crippen MR) is 82.1 cm³/mol. The van der Waals surface area contributed by atoms with E-state index in [1.165, 1.54) is 17.7 Å². The summed E-state index contributed by atoms with van der Waals surface area (Å²) in [7, 11) is 0. The molecule has 0 aliphatic carbocycles. The maximum absolute atomic E-state index is 13.2. The van der Waals surface area contributed by atoms with Gasteiger partial charge in [0.15, 0.2) is 0 Å². The van der Waals surface area contributed by atoms with Crippen LogP contribution in [-0.4, -0.2) is 13.2 Å². The number of nitrogens with one attached hydrogen (secondary N) is 1. The molecule has 0 radical (unpaired) electrons. The van der Waals surface area contributed by atoms with E-state index in [1.807, 2.05) is 30.3 Å². The molecule has 0 aromatic heterocycles. The first kappa shape index (κ1) is 14.1. The van der Waals surface area contributed by atoms with Crippen molar-refractivity contribution >= 4 is 0 Å². The molecule has 3 heteroatoms. The Labute approximate surface area is 125 Å². The minimum absolute atomic E-state index is 0.181. The Hall–Kier alpha value is -1.87. The smallest absolute Gasteiger partial charge is 0.123 e. The van der Waals surface area contributed by atoms with Crippen molar-refractivity contribution in [3.8, 4) is 5.75 Å². The predicted octanol–water partition coefficient (Wildman–Crippen LogP) is 4.04. The number of hydrogen-bond donors (Lipinski definition) is 1. The first-order valence-corrected chi connectivity index (χ1v) is 7.50. The molecule has 21 heavy (non-hydrogen) atoms. The number of ether oxygens (including phenoxy) is 1. The lowest BCUT2D eigenvalue weighted by Crippen LogP contribution is -2.30. The molecule has 2 nitrogen and oxygen atoms in total. The van der Waals surface area contributed by atoms with E-state index in [4.69, 9.17) is 4.74 Å². The second kappa shape index (κ2) is 6.27. The maximum atomic E-state index is 13.2. The molecule has 1 aliphatic heterocycles. The van der Waals surface area contributed by atoms with Gasteiger partial charge in [-0.2, -0.15) is 0 Å². The van der Waals surface area contributed by atoms with Gasteiger partial charge >= 0.3 is 0 Å². The van der Waals surface area contributed by atoms with E-state index in [1.54, 1.807) is 0 Å².